The van der Waals surface area contributed by atoms with Crippen LogP contribution in [0.4, 0.5) is 16.0 Å². The molecule has 1 aromatic carbocycles. The molecule has 0 aliphatic heterocycles. The molecule has 3 aromatic heterocycles. The Balaban J connectivity index is 1.81. The Morgan fingerprint density at radius 1 is 1.18 bits per heavy atom. The van der Waals surface area contributed by atoms with Crippen LogP contribution in [0, 0.1) is 31.0 Å². The zero-order valence-electron chi connectivity index (χ0n) is 15.0. The predicted octanol–water partition coefficient (Wildman–Crippen LogP) is 2.88. The lowest BCUT2D eigenvalue weighted by molar-refractivity contribution is 0.622. The van der Waals surface area contributed by atoms with Gasteiger partial charge in [0.05, 0.1) is 22.2 Å². The van der Waals surface area contributed by atoms with Crippen molar-refractivity contribution in [2.45, 2.75) is 13.8 Å². The van der Waals surface area contributed by atoms with Crippen LogP contribution in [-0.4, -0.2) is 24.7 Å². The molecule has 3 heterocycles. The topological polar surface area (TPSA) is 112 Å². The average molecular weight is 375 g/mol. The number of rotatable bonds is 3. The molecule has 0 amide bonds. The van der Waals surface area contributed by atoms with Crippen LogP contribution in [0.5, 0.6) is 0 Å². The van der Waals surface area contributed by atoms with Crippen molar-refractivity contribution >= 4 is 22.5 Å². The van der Waals surface area contributed by atoms with Gasteiger partial charge in [-0.25, -0.2) is 19.3 Å². The highest BCUT2D eigenvalue weighted by Gasteiger charge is 2.12. The number of aromatic nitrogens is 5. The number of anilines is 2. The van der Waals surface area contributed by atoms with Gasteiger partial charge >= 0.3 is 0 Å². The average Bonchev–Trinajstić information content (AvgIpc) is 2.97. The first-order chi connectivity index (χ1) is 13.4. The van der Waals surface area contributed by atoms with Crippen molar-refractivity contribution in [1.82, 2.24) is 24.7 Å². The molecule has 0 radical (unpaired) electrons. The van der Waals surface area contributed by atoms with Crippen LogP contribution in [0.15, 0.2) is 41.3 Å². The van der Waals surface area contributed by atoms with Crippen LogP contribution < -0.4 is 10.9 Å². The minimum absolute atomic E-state index is 0.0684. The summed E-state index contributed by atoms with van der Waals surface area (Å²) in [5.41, 5.74) is 1.28. The molecule has 0 spiro atoms. The molecular weight excluding hydrogens is 361 g/mol. The van der Waals surface area contributed by atoms with E-state index in [-0.39, 0.29) is 11.1 Å². The van der Waals surface area contributed by atoms with Gasteiger partial charge < -0.3 is 5.32 Å². The number of pyridine rings is 1. The first-order valence-corrected chi connectivity index (χ1v) is 8.35. The number of halogens is 1. The standard InChI is InChI=1S/C19H14FN7O/c1-10-5-18(24-11(2)23-10)25-17-7-16-14(9-22-17)19(28)26-27(16)13-4-3-12(8-21)15(20)6-13/h3-7,9H,1-2H3,(H,26,28)(H,22,23,24,25). The fourth-order valence-electron chi connectivity index (χ4n) is 2.94. The normalized spacial score (nSPS) is 10.8. The Morgan fingerprint density at radius 3 is 2.71 bits per heavy atom. The second-order valence-corrected chi connectivity index (χ2v) is 6.21. The molecule has 0 saturated carbocycles. The quantitative estimate of drug-likeness (QED) is 0.569. The number of H-pyrrole nitrogens is 1. The van der Waals surface area contributed by atoms with E-state index in [1.54, 1.807) is 31.2 Å². The Bertz CT molecular complexity index is 1300. The summed E-state index contributed by atoms with van der Waals surface area (Å²) in [6, 6.07) is 9.33. The van der Waals surface area contributed by atoms with E-state index < -0.39 is 5.82 Å². The predicted molar refractivity (Wildman–Crippen MR) is 101 cm³/mol. The highest BCUT2D eigenvalue weighted by molar-refractivity contribution is 5.82. The number of nitriles is 1. The van der Waals surface area contributed by atoms with Gasteiger partial charge in [0.2, 0.25) is 0 Å². The zero-order valence-corrected chi connectivity index (χ0v) is 15.0. The van der Waals surface area contributed by atoms with E-state index in [0.717, 1.165) is 5.69 Å². The lowest BCUT2D eigenvalue weighted by Gasteiger charge is -2.08. The summed E-state index contributed by atoms with van der Waals surface area (Å²) in [5, 5.41) is 15.0. The monoisotopic (exact) mass is 375 g/mol. The van der Waals surface area contributed by atoms with Crippen LogP contribution in [-0.2, 0) is 0 Å². The lowest BCUT2D eigenvalue weighted by Crippen LogP contribution is -2.04. The van der Waals surface area contributed by atoms with Crippen molar-refractivity contribution < 1.29 is 4.39 Å². The van der Waals surface area contributed by atoms with Crippen LogP contribution in [0.2, 0.25) is 0 Å². The minimum Gasteiger partial charge on any atom is -0.325 e. The van der Waals surface area contributed by atoms with Gasteiger partial charge in [-0.05, 0) is 26.0 Å². The summed E-state index contributed by atoms with van der Waals surface area (Å²) >= 11 is 0. The SMILES string of the molecule is Cc1cc(Nc2cc3c(cn2)c(=O)[nH]n3-c2ccc(C#N)c(F)c2)nc(C)n1. The van der Waals surface area contributed by atoms with Crippen molar-refractivity contribution in [1.29, 1.82) is 5.26 Å². The molecule has 0 bridgehead atoms. The number of fused-ring (bicyclic) bond motifs is 1. The Kier molecular flexibility index (Phi) is 4.08. The lowest BCUT2D eigenvalue weighted by atomic mass is 10.2. The number of nitrogens with one attached hydrogen (secondary N) is 2. The van der Waals surface area contributed by atoms with Crippen molar-refractivity contribution in [3.05, 3.63) is 69.8 Å². The largest absolute Gasteiger partial charge is 0.325 e. The summed E-state index contributed by atoms with van der Waals surface area (Å²) in [5.74, 6) is 0.995. The molecule has 8 nitrogen and oxygen atoms in total. The second kappa shape index (κ2) is 6.59. The van der Waals surface area contributed by atoms with Gasteiger partial charge in [0.1, 0.15) is 29.3 Å². The van der Waals surface area contributed by atoms with Gasteiger partial charge in [-0.15, -0.1) is 0 Å². The molecule has 4 rings (SSSR count). The van der Waals surface area contributed by atoms with Gasteiger partial charge in [0, 0.05) is 30.1 Å². The molecule has 0 saturated heterocycles. The van der Waals surface area contributed by atoms with Crippen LogP contribution in [0.1, 0.15) is 17.1 Å². The Hall–Kier alpha value is -4.06. The maximum Gasteiger partial charge on any atom is 0.273 e. The van der Waals surface area contributed by atoms with E-state index in [9.17, 15) is 9.18 Å². The maximum absolute atomic E-state index is 14.0. The number of hydrogen-bond acceptors (Lipinski definition) is 6. The summed E-state index contributed by atoms with van der Waals surface area (Å²) < 4.78 is 15.5. The van der Waals surface area contributed by atoms with Crippen LogP contribution >= 0.6 is 0 Å². The molecule has 138 valence electrons. The van der Waals surface area contributed by atoms with E-state index in [2.05, 4.69) is 25.4 Å². The van der Waals surface area contributed by atoms with Crippen LogP contribution in [0.25, 0.3) is 16.6 Å². The molecule has 0 fully saturated rings. The molecule has 0 aliphatic carbocycles. The molecule has 28 heavy (non-hydrogen) atoms. The fraction of sp³-hybridized carbons (Fsp3) is 0.105. The zero-order chi connectivity index (χ0) is 19.8. The van der Waals surface area contributed by atoms with Gasteiger partial charge in [0.25, 0.3) is 5.56 Å². The summed E-state index contributed by atoms with van der Waals surface area (Å²) in [6.45, 7) is 3.65. The van der Waals surface area contributed by atoms with Gasteiger partial charge in [-0.1, -0.05) is 0 Å². The van der Waals surface area contributed by atoms with E-state index in [1.807, 2.05) is 6.92 Å². The molecule has 2 N–H and O–H groups in total. The number of benzene rings is 1. The van der Waals surface area contributed by atoms with Crippen molar-refractivity contribution in [3.8, 4) is 11.8 Å². The third kappa shape index (κ3) is 3.07. The van der Waals surface area contributed by atoms with Crippen molar-refractivity contribution in [3.63, 3.8) is 0 Å². The molecule has 4 aromatic rings. The minimum atomic E-state index is -0.665. The first-order valence-electron chi connectivity index (χ1n) is 8.35. The van der Waals surface area contributed by atoms with Gasteiger partial charge in [-0.2, -0.15) is 5.26 Å². The Labute approximate surface area is 158 Å². The van der Waals surface area contributed by atoms with Crippen LogP contribution in [0.3, 0.4) is 0 Å². The van der Waals surface area contributed by atoms with Crippen molar-refractivity contribution in [2.24, 2.45) is 0 Å². The third-order valence-electron chi connectivity index (χ3n) is 4.13. The Morgan fingerprint density at radius 2 is 2.00 bits per heavy atom. The fourth-order valence-corrected chi connectivity index (χ4v) is 2.94. The van der Waals surface area contributed by atoms with E-state index >= 15 is 0 Å². The highest BCUT2D eigenvalue weighted by atomic mass is 19.1. The molecule has 0 unspecified atom stereocenters. The molecule has 0 atom stereocenters. The van der Waals surface area contributed by atoms with Gasteiger partial charge in [-0.3, -0.25) is 14.6 Å². The first kappa shape index (κ1) is 17.4. The summed E-state index contributed by atoms with van der Waals surface area (Å²) in [6.07, 6.45) is 1.44. The maximum atomic E-state index is 14.0. The van der Waals surface area contributed by atoms with Crippen molar-refractivity contribution in [2.75, 3.05) is 5.32 Å². The number of nitrogens with zero attached hydrogens (tertiary/aromatic N) is 5. The smallest absolute Gasteiger partial charge is 0.273 e. The number of aryl methyl sites for hydroxylation is 2. The highest BCUT2D eigenvalue weighted by Crippen LogP contribution is 2.21. The molecule has 9 heteroatoms. The van der Waals surface area contributed by atoms with E-state index in [0.29, 0.717) is 34.1 Å². The summed E-state index contributed by atoms with van der Waals surface area (Å²) in [7, 11) is 0. The summed E-state index contributed by atoms with van der Waals surface area (Å²) in [4.78, 5) is 25.0. The van der Waals surface area contributed by atoms with E-state index in [4.69, 9.17) is 5.26 Å². The van der Waals surface area contributed by atoms with E-state index in [1.165, 1.54) is 23.0 Å². The number of aromatic amines is 1. The number of hydrogen-bond donors (Lipinski definition) is 2. The second-order valence-electron chi connectivity index (χ2n) is 6.21. The third-order valence-corrected chi connectivity index (χ3v) is 4.13. The molecular formula is C19H14FN7O. The van der Waals surface area contributed by atoms with Gasteiger partial charge in [0.15, 0.2) is 0 Å². The molecule has 0 aliphatic rings.